The number of nitrogens with two attached hydrogens (primary N) is 1. The Bertz CT molecular complexity index is 610. The molecule has 2 rings (SSSR count). The van der Waals surface area contributed by atoms with Gasteiger partial charge in [-0.2, -0.15) is 0 Å². The molecule has 21 heavy (non-hydrogen) atoms. The van der Waals surface area contributed by atoms with Crippen LogP contribution >= 0.6 is 11.3 Å². The molecule has 0 saturated heterocycles. The van der Waals surface area contributed by atoms with Gasteiger partial charge in [0.25, 0.3) is 0 Å². The summed E-state index contributed by atoms with van der Waals surface area (Å²) in [6, 6.07) is 10.4. The minimum absolute atomic E-state index is 0.0302. The Hall–Kier alpha value is -1.85. The van der Waals surface area contributed by atoms with Gasteiger partial charge in [-0.1, -0.05) is 12.1 Å². The van der Waals surface area contributed by atoms with Gasteiger partial charge in [0.15, 0.2) is 0 Å². The number of benzene rings is 1. The monoisotopic (exact) mass is 303 g/mol. The maximum absolute atomic E-state index is 7.64. The van der Waals surface area contributed by atoms with Crippen LogP contribution in [0.15, 0.2) is 35.7 Å². The number of nitrogens with one attached hydrogen (secondary N) is 1. The zero-order valence-electron chi connectivity index (χ0n) is 12.6. The van der Waals surface area contributed by atoms with E-state index in [1.165, 1.54) is 4.88 Å². The number of nitrogens with zero attached hydrogens (tertiary/aromatic N) is 1. The maximum atomic E-state index is 7.64. The molecule has 3 N–H and O–H groups in total. The van der Waals surface area contributed by atoms with E-state index in [9.17, 15) is 0 Å². The van der Waals surface area contributed by atoms with Gasteiger partial charge in [-0.05, 0) is 43.1 Å². The third kappa shape index (κ3) is 3.62. The predicted molar refractivity (Wildman–Crippen MR) is 88.2 cm³/mol. The lowest BCUT2D eigenvalue weighted by Gasteiger charge is -2.24. The summed E-state index contributed by atoms with van der Waals surface area (Å²) >= 11 is 1.77. The molecule has 1 aromatic carbocycles. The molecule has 0 aliphatic rings. The van der Waals surface area contributed by atoms with E-state index >= 15 is 0 Å². The molecule has 1 unspecified atom stereocenters. The van der Waals surface area contributed by atoms with Gasteiger partial charge in [0.1, 0.15) is 11.6 Å². The first-order chi connectivity index (χ1) is 10.0. The lowest BCUT2D eigenvalue weighted by Crippen LogP contribution is -2.21. The van der Waals surface area contributed by atoms with Gasteiger partial charge in [-0.15, -0.1) is 11.3 Å². The van der Waals surface area contributed by atoms with E-state index in [2.05, 4.69) is 36.4 Å². The molecule has 1 atom stereocenters. The second-order valence-electron chi connectivity index (χ2n) is 5.05. The van der Waals surface area contributed by atoms with E-state index in [0.29, 0.717) is 17.4 Å². The fourth-order valence-corrected chi connectivity index (χ4v) is 3.08. The Morgan fingerprint density at radius 2 is 2.19 bits per heavy atom. The highest BCUT2D eigenvalue weighted by molar-refractivity contribution is 7.10. The van der Waals surface area contributed by atoms with Gasteiger partial charge in [-0.3, -0.25) is 10.3 Å². The van der Waals surface area contributed by atoms with Gasteiger partial charge in [0, 0.05) is 17.5 Å². The second kappa shape index (κ2) is 6.74. The summed E-state index contributed by atoms with van der Waals surface area (Å²) in [5.74, 6) is 0.669. The first-order valence-corrected chi connectivity index (χ1v) is 7.66. The smallest absolute Gasteiger partial charge is 0.129 e. The Morgan fingerprint density at radius 1 is 1.43 bits per heavy atom. The van der Waals surface area contributed by atoms with Gasteiger partial charge >= 0.3 is 0 Å². The van der Waals surface area contributed by atoms with Crippen molar-refractivity contribution in [2.24, 2.45) is 5.73 Å². The Morgan fingerprint density at radius 3 is 2.76 bits per heavy atom. The van der Waals surface area contributed by atoms with Crippen molar-refractivity contribution in [1.29, 1.82) is 5.41 Å². The molecule has 112 valence electrons. The molecule has 0 radical (unpaired) electrons. The Labute approximate surface area is 129 Å². The SMILES string of the molecule is COc1ccc(CN(C)C(C)c2cccs2)cc1C(=N)N. The van der Waals surface area contributed by atoms with Crippen LogP contribution < -0.4 is 10.5 Å². The fourth-order valence-electron chi connectivity index (χ4n) is 2.24. The zero-order valence-corrected chi connectivity index (χ0v) is 13.4. The summed E-state index contributed by atoms with van der Waals surface area (Å²) in [6.07, 6.45) is 0. The van der Waals surface area contributed by atoms with E-state index in [-0.39, 0.29) is 5.84 Å². The Kier molecular flexibility index (Phi) is 4.98. The summed E-state index contributed by atoms with van der Waals surface area (Å²) in [6.45, 7) is 2.99. The summed E-state index contributed by atoms with van der Waals surface area (Å²) in [4.78, 5) is 3.62. The lowest BCUT2D eigenvalue weighted by atomic mass is 10.1. The minimum atomic E-state index is 0.0302. The van der Waals surface area contributed by atoms with Crippen molar-refractivity contribution in [3.8, 4) is 5.75 Å². The van der Waals surface area contributed by atoms with E-state index in [1.54, 1.807) is 18.4 Å². The van der Waals surface area contributed by atoms with Crippen LogP contribution in [0, 0.1) is 5.41 Å². The number of ether oxygens (including phenoxy) is 1. The highest BCUT2D eigenvalue weighted by Crippen LogP contribution is 2.26. The average Bonchev–Trinajstić information content (AvgIpc) is 3.00. The normalized spacial score (nSPS) is 12.4. The number of amidine groups is 1. The fraction of sp³-hybridized carbons (Fsp3) is 0.312. The molecular weight excluding hydrogens is 282 g/mol. The highest BCUT2D eigenvalue weighted by atomic mass is 32.1. The first-order valence-electron chi connectivity index (χ1n) is 6.78. The van der Waals surface area contributed by atoms with E-state index < -0.39 is 0 Å². The minimum Gasteiger partial charge on any atom is -0.496 e. The van der Waals surface area contributed by atoms with Crippen molar-refractivity contribution >= 4 is 17.2 Å². The van der Waals surface area contributed by atoms with E-state index in [1.807, 2.05) is 18.2 Å². The molecule has 5 heteroatoms. The average molecular weight is 303 g/mol. The molecule has 0 bridgehead atoms. The maximum Gasteiger partial charge on any atom is 0.129 e. The van der Waals surface area contributed by atoms with Crippen LogP contribution in [-0.4, -0.2) is 24.9 Å². The standard InChI is InChI=1S/C16H21N3OS/c1-11(15-5-4-8-21-15)19(2)10-12-6-7-14(20-3)13(9-12)16(17)18/h4-9,11H,10H2,1-3H3,(H3,17,18). The molecule has 0 fully saturated rings. The van der Waals surface area contributed by atoms with E-state index in [0.717, 1.165) is 12.1 Å². The lowest BCUT2D eigenvalue weighted by molar-refractivity contribution is 0.256. The van der Waals surface area contributed by atoms with Gasteiger partial charge < -0.3 is 10.5 Å². The van der Waals surface area contributed by atoms with Gasteiger partial charge in [-0.25, -0.2) is 0 Å². The summed E-state index contributed by atoms with van der Waals surface area (Å²) < 4.78 is 5.24. The van der Waals surface area contributed by atoms with Crippen LogP contribution in [0.1, 0.15) is 29.0 Å². The molecule has 2 aromatic rings. The van der Waals surface area contributed by atoms with Crippen LogP contribution in [0.2, 0.25) is 0 Å². The van der Waals surface area contributed by atoms with Crippen LogP contribution in [0.5, 0.6) is 5.75 Å². The highest BCUT2D eigenvalue weighted by Gasteiger charge is 2.14. The Balaban J connectivity index is 2.16. The van der Waals surface area contributed by atoms with Gasteiger partial charge in [0.2, 0.25) is 0 Å². The van der Waals surface area contributed by atoms with Crippen molar-refractivity contribution < 1.29 is 4.74 Å². The number of hydrogen-bond donors (Lipinski definition) is 2. The van der Waals surface area contributed by atoms with Crippen LogP contribution in [0.4, 0.5) is 0 Å². The quantitative estimate of drug-likeness (QED) is 0.636. The summed E-state index contributed by atoms with van der Waals surface area (Å²) in [5.41, 5.74) is 7.38. The zero-order chi connectivity index (χ0) is 15.4. The van der Waals surface area contributed by atoms with Crippen molar-refractivity contribution in [3.05, 3.63) is 51.7 Å². The summed E-state index contributed by atoms with van der Waals surface area (Å²) in [5, 5.41) is 9.74. The molecule has 4 nitrogen and oxygen atoms in total. The molecule has 0 saturated carbocycles. The molecule has 0 aliphatic heterocycles. The van der Waals surface area contributed by atoms with Crippen LogP contribution in [0.25, 0.3) is 0 Å². The second-order valence-corrected chi connectivity index (χ2v) is 6.03. The van der Waals surface area contributed by atoms with Crippen molar-refractivity contribution in [2.45, 2.75) is 19.5 Å². The number of thiophene rings is 1. The van der Waals surface area contributed by atoms with Crippen molar-refractivity contribution in [3.63, 3.8) is 0 Å². The van der Waals surface area contributed by atoms with Crippen molar-refractivity contribution in [1.82, 2.24) is 4.90 Å². The molecular formula is C16H21N3OS. The molecule has 1 aromatic heterocycles. The third-order valence-corrected chi connectivity index (χ3v) is 4.64. The van der Waals surface area contributed by atoms with Gasteiger partial charge in [0.05, 0.1) is 12.7 Å². The topological polar surface area (TPSA) is 62.3 Å². The third-order valence-electron chi connectivity index (χ3n) is 3.60. The van der Waals surface area contributed by atoms with Crippen molar-refractivity contribution in [2.75, 3.05) is 14.2 Å². The van der Waals surface area contributed by atoms with Crippen LogP contribution in [0.3, 0.4) is 0 Å². The number of hydrogen-bond acceptors (Lipinski definition) is 4. The number of methoxy groups -OCH3 is 1. The molecule has 0 spiro atoms. The first kappa shape index (κ1) is 15.5. The van der Waals surface area contributed by atoms with Crippen LogP contribution in [-0.2, 0) is 6.54 Å². The van der Waals surface area contributed by atoms with E-state index in [4.69, 9.17) is 15.9 Å². The number of nitrogen functional groups attached to an aromatic ring is 1. The predicted octanol–water partition coefficient (Wildman–Crippen LogP) is 3.23. The number of rotatable bonds is 6. The molecule has 0 amide bonds. The molecule has 1 heterocycles. The summed E-state index contributed by atoms with van der Waals surface area (Å²) in [7, 11) is 3.69. The largest absolute Gasteiger partial charge is 0.496 e. The molecule has 0 aliphatic carbocycles.